The number of fused-ring (bicyclic) bond motifs is 1. The maximum Gasteiger partial charge on any atom is 0.272 e. The third kappa shape index (κ3) is 2.67. The van der Waals surface area contributed by atoms with E-state index in [0.717, 1.165) is 26.2 Å². The predicted octanol–water partition coefficient (Wildman–Crippen LogP) is 0.629. The maximum atomic E-state index is 11.6. The summed E-state index contributed by atoms with van der Waals surface area (Å²) in [6, 6.07) is 7.01. The summed E-state index contributed by atoms with van der Waals surface area (Å²) in [5.74, 6) is 0.546. The number of piperazine rings is 1. The van der Waals surface area contributed by atoms with Crippen LogP contribution >= 0.6 is 0 Å². The average molecular weight is 298 g/mol. The second kappa shape index (κ2) is 5.33. The summed E-state index contributed by atoms with van der Waals surface area (Å²) in [6.45, 7) is 3.34. The zero-order valence-electron chi connectivity index (χ0n) is 11.0. The fraction of sp³-hybridized carbons (Fsp3) is 0.538. The van der Waals surface area contributed by atoms with Gasteiger partial charge in [-0.2, -0.15) is 8.42 Å². The molecule has 0 amide bonds. The van der Waals surface area contributed by atoms with Gasteiger partial charge in [-0.15, -0.1) is 0 Å². The van der Waals surface area contributed by atoms with Gasteiger partial charge in [-0.1, -0.05) is 18.2 Å². The van der Waals surface area contributed by atoms with Crippen molar-refractivity contribution in [2.45, 2.75) is 17.9 Å². The van der Waals surface area contributed by atoms with Crippen molar-refractivity contribution >= 4 is 10.1 Å². The molecule has 110 valence electrons. The number of nitrogens with zero attached hydrogens (tertiary/aromatic N) is 1. The number of hydrogen-bond donors (Lipinski definition) is 2. The molecule has 2 aliphatic heterocycles. The van der Waals surface area contributed by atoms with E-state index in [4.69, 9.17) is 4.74 Å². The van der Waals surface area contributed by atoms with E-state index in [2.05, 4.69) is 10.2 Å². The monoisotopic (exact) mass is 298 g/mol. The van der Waals surface area contributed by atoms with Gasteiger partial charge in [-0.05, 0) is 6.07 Å². The van der Waals surface area contributed by atoms with Crippen molar-refractivity contribution in [1.29, 1.82) is 0 Å². The van der Waals surface area contributed by atoms with E-state index in [0.29, 0.717) is 11.3 Å². The van der Waals surface area contributed by atoms with Crippen LogP contribution in [0.1, 0.15) is 17.2 Å². The number of ether oxygens (including phenoxy) is 1. The third-order valence-corrected chi connectivity index (χ3v) is 5.03. The predicted molar refractivity (Wildman–Crippen MR) is 74.2 cm³/mol. The normalized spacial score (nSPS) is 27.6. The summed E-state index contributed by atoms with van der Waals surface area (Å²) in [7, 11) is -4.13. The Hall–Kier alpha value is -1.15. The fourth-order valence-electron chi connectivity index (χ4n) is 2.83. The Morgan fingerprint density at radius 3 is 2.65 bits per heavy atom. The quantitative estimate of drug-likeness (QED) is 0.780. The van der Waals surface area contributed by atoms with Crippen LogP contribution in [0.25, 0.3) is 0 Å². The molecule has 2 N–H and O–H groups in total. The van der Waals surface area contributed by atoms with Gasteiger partial charge in [-0.3, -0.25) is 9.45 Å². The lowest BCUT2D eigenvalue weighted by atomic mass is 10.0. The Kier molecular flexibility index (Phi) is 3.68. The van der Waals surface area contributed by atoms with Crippen LogP contribution in [0.5, 0.6) is 5.75 Å². The van der Waals surface area contributed by atoms with Crippen LogP contribution in [0, 0.1) is 0 Å². The summed E-state index contributed by atoms with van der Waals surface area (Å²) >= 11 is 0. The SMILES string of the molecule is O=S(=O)(O)C1CC(N2CCNCC2)Oc2ccccc21. The minimum absolute atomic E-state index is 0.260. The van der Waals surface area contributed by atoms with E-state index in [1.165, 1.54) is 0 Å². The molecule has 0 radical (unpaired) electrons. The number of rotatable bonds is 2. The summed E-state index contributed by atoms with van der Waals surface area (Å²) < 4.78 is 38.7. The van der Waals surface area contributed by atoms with Crippen molar-refractivity contribution in [2.24, 2.45) is 0 Å². The highest BCUT2D eigenvalue weighted by Gasteiger charge is 2.38. The van der Waals surface area contributed by atoms with Crippen LogP contribution in [0.3, 0.4) is 0 Å². The second-order valence-corrected chi connectivity index (χ2v) is 6.73. The van der Waals surface area contributed by atoms with Crippen molar-refractivity contribution in [3.05, 3.63) is 29.8 Å². The molecule has 7 heteroatoms. The number of nitrogens with one attached hydrogen (secondary N) is 1. The van der Waals surface area contributed by atoms with Gasteiger partial charge in [0, 0.05) is 38.2 Å². The molecule has 0 spiro atoms. The molecule has 0 bridgehead atoms. The molecular weight excluding hydrogens is 280 g/mol. The zero-order chi connectivity index (χ0) is 14.2. The first-order valence-electron chi connectivity index (χ1n) is 6.72. The highest BCUT2D eigenvalue weighted by atomic mass is 32.2. The molecule has 2 heterocycles. The van der Waals surface area contributed by atoms with Crippen molar-refractivity contribution in [1.82, 2.24) is 10.2 Å². The minimum Gasteiger partial charge on any atom is -0.475 e. The van der Waals surface area contributed by atoms with E-state index < -0.39 is 15.4 Å². The Balaban J connectivity index is 1.91. The lowest BCUT2D eigenvalue weighted by Gasteiger charge is -2.39. The van der Waals surface area contributed by atoms with Gasteiger partial charge in [0.05, 0.1) is 0 Å². The summed E-state index contributed by atoms with van der Waals surface area (Å²) in [6.07, 6.45) is -0.0468. The topological polar surface area (TPSA) is 78.9 Å². The summed E-state index contributed by atoms with van der Waals surface area (Å²) in [5.41, 5.74) is 0.543. The first kappa shape index (κ1) is 13.8. The van der Waals surface area contributed by atoms with Crippen LogP contribution < -0.4 is 10.1 Å². The molecule has 20 heavy (non-hydrogen) atoms. The first-order chi connectivity index (χ1) is 9.55. The van der Waals surface area contributed by atoms with Gasteiger partial charge in [0.15, 0.2) is 6.23 Å². The van der Waals surface area contributed by atoms with Crippen molar-refractivity contribution in [3.63, 3.8) is 0 Å². The molecule has 0 aliphatic carbocycles. The molecule has 1 saturated heterocycles. The Labute approximate surface area is 118 Å². The molecule has 2 atom stereocenters. The van der Waals surface area contributed by atoms with Crippen molar-refractivity contribution in [2.75, 3.05) is 26.2 Å². The maximum absolute atomic E-state index is 11.6. The van der Waals surface area contributed by atoms with E-state index in [-0.39, 0.29) is 12.6 Å². The number of hydrogen-bond acceptors (Lipinski definition) is 5. The third-order valence-electron chi connectivity index (χ3n) is 3.86. The van der Waals surface area contributed by atoms with Gasteiger partial charge in [0.2, 0.25) is 0 Å². The van der Waals surface area contributed by atoms with Crippen molar-refractivity contribution in [3.8, 4) is 5.75 Å². The van der Waals surface area contributed by atoms with Gasteiger partial charge < -0.3 is 10.1 Å². The van der Waals surface area contributed by atoms with Crippen molar-refractivity contribution < 1.29 is 17.7 Å². The van der Waals surface area contributed by atoms with Crippen LogP contribution in [0.15, 0.2) is 24.3 Å². The molecule has 1 aromatic rings. The molecule has 1 fully saturated rings. The molecule has 3 rings (SSSR count). The molecule has 0 aromatic heterocycles. The number of para-hydroxylation sites is 1. The minimum atomic E-state index is -4.13. The lowest BCUT2D eigenvalue weighted by Crippen LogP contribution is -2.52. The van der Waals surface area contributed by atoms with Gasteiger partial charge in [0.25, 0.3) is 10.1 Å². The molecule has 2 unspecified atom stereocenters. The largest absolute Gasteiger partial charge is 0.475 e. The zero-order valence-corrected chi connectivity index (χ0v) is 11.8. The highest BCUT2D eigenvalue weighted by Crippen LogP contribution is 2.39. The van der Waals surface area contributed by atoms with Gasteiger partial charge >= 0.3 is 0 Å². The van der Waals surface area contributed by atoms with E-state index in [9.17, 15) is 13.0 Å². The highest BCUT2D eigenvalue weighted by molar-refractivity contribution is 7.86. The van der Waals surface area contributed by atoms with Crippen LogP contribution in [-0.2, 0) is 10.1 Å². The van der Waals surface area contributed by atoms with Crippen LogP contribution in [-0.4, -0.2) is 50.3 Å². The van der Waals surface area contributed by atoms with Crippen LogP contribution in [0.2, 0.25) is 0 Å². The fourth-order valence-corrected chi connectivity index (χ4v) is 3.76. The number of benzene rings is 1. The van der Waals surface area contributed by atoms with E-state index >= 15 is 0 Å². The van der Waals surface area contributed by atoms with E-state index in [1.807, 2.05) is 0 Å². The Bertz CT molecular complexity index is 584. The van der Waals surface area contributed by atoms with Gasteiger partial charge in [-0.25, -0.2) is 0 Å². The standard InChI is InChI=1S/C13H18N2O4S/c16-20(17,18)12-9-13(15-7-5-14-6-8-15)19-11-4-2-1-3-10(11)12/h1-4,12-14H,5-9H2,(H,16,17,18). The average Bonchev–Trinajstić information content (AvgIpc) is 2.46. The second-order valence-electron chi connectivity index (χ2n) is 5.14. The molecule has 0 saturated carbocycles. The molecule has 1 aromatic carbocycles. The molecule has 6 nitrogen and oxygen atoms in total. The summed E-state index contributed by atoms with van der Waals surface area (Å²) in [5, 5.41) is 2.34. The smallest absolute Gasteiger partial charge is 0.272 e. The Morgan fingerprint density at radius 1 is 1.25 bits per heavy atom. The Morgan fingerprint density at radius 2 is 1.95 bits per heavy atom. The van der Waals surface area contributed by atoms with Crippen LogP contribution in [0.4, 0.5) is 0 Å². The lowest BCUT2D eigenvalue weighted by molar-refractivity contribution is 0.000545. The summed E-state index contributed by atoms with van der Waals surface area (Å²) in [4.78, 5) is 2.12. The first-order valence-corrected chi connectivity index (χ1v) is 8.22. The van der Waals surface area contributed by atoms with E-state index in [1.54, 1.807) is 24.3 Å². The van der Waals surface area contributed by atoms with Gasteiger partial charge in [0.1, 0.15) is 11.0 Å². The molecule has 2 aliphatic rings. The molecular formula is C13H18N2O4S.